The lowest BCUT2D eigenvalue weighted by Crippen LogP contribution is -2.47. The van der Waals surface area contributed by atoms with E-state index in [2.05, 4.69) is 46.9 Å². The molecule has 3 aliphatic carbocycles. The standard InChI is InChI=1S/C25H32N4O/c1-15-10-22(16-6-3-2-4-7-16)27-24-21(14-26-29(15)24)25(30)28-23-18-9-5-8-17-11-20(23)13-19(17)12-18/h2-4,6-7,14-15,17-20,22-23,27H,5,8-13H2,1H3,(H,28,30). The third-order valence-electron chi connectivity index (χ3n) is 8.49. The van der Waals surface area contributed by atoms with Crippen LogP contribution in [0.3, 0.4) is 0 Å². The molecular formula is C25H32N4O. The number of carbonyl (C=O) groups is 1. The summed E-state index contributed by atoms with van der Waals surface area (Å²) in [4.78, 5) is 13.4. The van der Waals surface area contributed by atoms with Crippen LogP contribution < -0.4 is 10.6 Å². The Labute approximate surface area is 178 Å². The maximum Gasteiger partial charge on any atom is 0.256 e. The molecule has 4 aliphatic rings. The van der Waals surface area contributed by atoms with Crippen LogP contribution >= 0.6 is 0 Å². The molecule has 0 radical (unpaired) electrons. The number of rotatable bonds is 3. The van der Waals surface area contributed by atoms with Gasteiger partial charge in [0.15, 0.2) is 0 Å². The largest absolute Gasteiger partial charge is 0.363 e. The van der Waals surface area contributed by atoms with Gasteiger partial charge in [-0.15, -0.1) is 0 Å². The van der Waals surface area contributed by atoms with Crippen LogP contribution in [0.1, 0.15) is 79.9 Å². The lowest BCUT2D eigenvalue weighted by molar-refractivity contribution is 0.0864. The van der Waals surface area contributed by atoms with E-state index < -0.39 is 0 Å². The number of amides is 1. The number of nitrogens with one attached hydrogen (secondary N) is 2. The maximum atomic E-state index is 13.4. The molecule has 30 heavy (non-hydrogen) atoms. The van der Waals surface area contributed by atoms with Gasteiger partial charge in [-0.1, -0.05) is 43.2 Å². The average Bonchev–Trinajstić information content (AvgIpc) is 3.29. The van der Waals surface area contributed by atoms with Crippen LogP contribution in [0.5, 0.6) is 0 Å². The van der Waals surface area contributed by atoms with E-state index in [0.717, 1.165) is 24.1 Å². The smallest absolute Gasteiger partial charge is 0.256 e. The number of hydrogen-bond acceptors (Lipinski definition) is 3. The van der Waals surface area contributed by atoms with Crippen molar-refractivity contribution in [2.75, 3.05) is 5.32 Å². The van der Waals surface area contributed by atoms with Gasteiger partial charge < -0.3 is 10.6 Å². The number of carbonyl (C=O) groups excluding carboxylic acids is 1. The quantitative estimate of drug-likeness (QED) is 0.761. The van der Waals surface area contributed by atoms with E-state index in [0.29, 0.717) is 23.4 Å². The van der Waals surface area contributed by atoms with Crippen LogP contribution in [-0.4, -0.2) is 21.7 Å². The third kappa shape index (κ3) is 2.97. The van der Waals surface area contributed by atoms with Crippen molar-refractivity contribution in [3.05, 3.63) is 47.7 Å². The fourth-order valence-corrected chi connectivity index (χ4v) is 7.10. The molecule has 2 heterocycles. The van der Waals surface area contributed by atoms with Gasteiger partial charge in [0.05, 0.1) is 18.3 Å². The van der Waals surface area contributed by atoms with Crippen molar-refractivity contribution in [2.24, 2.45) is 23.7 Å². The van der Waals surface area contributed by atoms with Crippen molar-refractivity contribution < 1.29 is 4.79 Å². The molecule has 7 atom stereocenters. The van der Waals surface area contributed by atoms with E-state index in [1.165, 1.54) is 44.1 Å². The zero-order valence-electron chi connectivity index (χ0n) is 17.8. The number of nitrogens with zero attached hydrogens (tertiary/aromatic N) is 2. The predicted octanol–water partition coefficient (Wildman–Crippen LogP) is 4.95. The van der Waals surface area contributed by atoms with E-state index >= 15 is 0 Å². The highest BCUT2D eigenvalue weighted by Crippen LogP contribution is 2.53. The monoisotopic (exact) mass is 404 g/mol. The van der Waals surface area contributed by atoms with E-state index in [1.54, 1.807) is 6.20 Å². The van der Waals surface area contributed by atoms with E-state index in [-0.39, 0.29) is 18.0 Å². The van der Waals surface area contributed by atoms with Gasteiger partial charge in [0, 0.05) is 6.04 Å². The lowest BCUT2D eigenvalue weighted by atomic mass is 9.75. The van der Waals surface area contributed by atoms with Crippen molar-refractivity contribution in [1.82, 2.24) is 15.1 Å². The summed E-state index contributed by atoms with van der Waals surface area (Å²) in [6, 6.07) is 11.3. The molecule has 0 saturated heterocycles. The Hall–Kier alpha value is -2.30. The van der Waals surface area contributed by atoms with Gasteiger partial charge in [-0.2, -0.15) is 5.10 Å². The molecule has 1 aromatic carbocycles. The van der Waals surface area contributed by atoms with Crippen molar-refractivity contribution in [2.45, 2.75) is 70.0 Å². The molecule has 1 aromatic heterocycles. The van der Waals surface area contributed by atoms with Gasteiger partial charge in [-0.25, -0.2) is 4.68 Å². The SMILES string of the molecule is CC1CC(c2ccccc2)Nc2c(C(=O)NC3C4CCCC5CC3CC5C4)cnn21. The van der Waals surface area contributed by atoms with Crippen LogP contribution in [0.2, 0.25) is 0 Å². The van der Waals surface area contributed by atoms with Crippen LogP contribution in [0, 0.1) is 23.7 Å². The van der Waals surface area contributed by atoms with Crippen molar-refractivity contribution in [3.8, 4) is 0 Å². The predicted molar refractivity (Wildman–Crippen MR) is 117 cm³/mol. The number of fused-ring (bicyclic) bond motifs is 3. The van der Waals surface area contributed by atoms with Crippen LogP contribution in [-0.2, 0) is 0 Å². The molecule has 5 nitrogen and oxygen atoms in total. The Balaban J connectivity index is 1.24. The summed E-state index contributed by atoms with van der Waals surface area (Å²) < 4.78 is 2.00. The Morgan fingerprint density at radius 3 is 2.67 bits per heavy atom. The van der Waals surface area contributed by atoms with Crippen molar-refractivity contribution in [1.29, 1.82) is 0 Å². The first-order chi connectivity index (χ1) is 14.7. The highest BCUT2D eigenvalue weighted by Gasteiger charge is 2.48. The first-order valence-corrected chi connectivity index (χ1v) is 11.9. The second kappa shape index (κ2) is 7.14. The number of benzene rings is 1. The molecule has 0 spiro atoms. The maximum absolute atomic E-state index is 13.4. The minimum atomic E-state index is 0.0575. The fourth-order valence-electron chi connectivity index (χ4n) is 7.10. The zero-order valence-corrected chi connectivity index (χ0v) is 17.8. The summed E-state index contributed by atoms with van der Waals surface area (Å²) in [5.74, 6) is 4.12. The van der Waals surface area contributed by atoms with E-state index in [4.69, 9.17) is 0 Å². The molecule has 3 saturated carbocycles. The molecule has 6 rings (SSSR count). The highest BCUT2D eigenvalue weighted by atomic mass is 16.1. The molecule has 158 valence electrons. The summed E-state index contributed by atoms with van der Waals surface area (Å²) in [5, 5.41) is 11.7. The number of anilines is 1. The Bertz CT molecular complexity index is 938. The topological polar surface area (TPSA) is 59.0 Å². The average molecular weight is 405 g/mol. The summed E-state index contributed by atoms with van der Waals surface area (Å²) in [6.07, 6.45) is 10.7. The van der Waals surface area contributed by atoms with Gasteiger partial charge in [-0.3, -0.25) is 4.79 Å². The van der Waals surface area contributed by atoms with Crippen molar-refractivity contribution in [3.63, 3.8) is 0 Å². The third-order valence-corrected chi connectivity index (χ3v) is 8.49. The minimum Gasteiger partial charge on any atom is -0.363 e. The number of aromatic nitrogens is 2. The summed E-state index contributed by atoms with van der Waals surface area (Å²) in [6.45, 7) is 2.19. The second-order valence-corrected chi connectivity index (χ2v) is 10.2. The molecule has 2 aromatic rings. The summed E-state index contributed by atoms with van der Waals surface area (Å²) in [5.41, 5.74) is 1.97. The molecule has 2 N–H and O–H groups in total. The highest BCUT2D eigenvalue weighted by molar-refractivity contribution is 5.99. The van der Waals surface area contributed by atoms with Gasteiger partial charge in [0.25, 0.3) is 5.91 Å². The summed E-state index contributed by atoms with van der Waals surface area (Å²) >= 11 is 0. The Morgan fingerprint density at radius 2 is 1.80 bits per heavy atom. The zero-order chi connectivity index (χ0) is 20.2. The van der Waals surface area contributed by atoms with E-state index in [1.807, 2.05) is 10.7 Å². The van der Waals surface area contributed by atoms with Gasteiger partial charge in [0.2, 0.25) is 0 Å². The molecule has 1 aliphatic heterocycles. The molecule has 7 unspecified atom stereocenters. The fraction of sp³-hybridized carbons (Fsp3) is 0.600. The minimum absolute atomic E-state index is 0.0575. The van der Waals surface area contributed by atoms with Gasteiger partial charge >= 0.3 is 0 Å². The lowest BCUT2D eigenvalue weighted by Gasteiger charge is -2.37. The first-order valence-electron chi connectivity index (χ1n) is 11.9. The van der Waals surface area contributed by atoms with Crippen LogP contribution in [0.4, 0.5) is 5.82 Å². The summed E-state index contributed by atoms with van der Waals surface area (Å²) in [7, 11) is 0. The Morgan fingerprint density at radius 1 is 1.03 bits per heavy atom. The molecule has 3 bridgehead atoms. The van der Waals surface area contributed by atoms with Crippen LogP contribution in [0.15, 0.2) is 36.5 Å². The van der Waals surface area contributed by atoms with Gasteiger partial charge in [0.1, 0.15) is 11.4 Å². The molecule has 5 heteroatoms. The van der Waals surface area contributed by atoms with Crippen molar-refractivity contribution >= 4 is 11.7 Å². The van der Waals surface area contributed by atoms with Crippen LogP contribution in [0.25, 0.3) is 0 Å². The van der Waals surface area contributed by atoms with Gasteiger partial charge in [-0.05, 0) is 68.3 Å². The van der Waals surface area contributed by atoms with E-state index in [9.17, 15) is 4.79 Å². The second-order valence-electron chi connectivity index (χ2n) is 10.2. The molecule has 1 amide bonds. The normalized spacial score (nSPS) is 36.6. The first kappa shape index (κ1) is 18.5. The molecule has 3 fully saturated rings. The Kier molecular flexibility index (Phi) is 4.39. The number of hydrogen-bond donors (Lipinski definition) is 2. The molecular weight excluding hydrogens is 372 g/mol.